The van der Waals surface area contributed by atoms with Gasteiger partial charge in [0.25, 0.3) is 5.91 Å². The van der Waals surface area contributed by atoms with Gasteiger partial charge in [-0.3, -0.25) is 19.1 Å². The number of allylic oxidation sites excluding steroid dienone is 1. The number of ether oxygens (including phenoxy) is 2. The molecule has 4 amide bonds. The molecule has 17 heteroatoms. The van der Waals surface area contributed by atoms with E-state index >= 15 is 0 Å². The van der Waals surface area contributed by atoms with Crippen molar-refractivity contribution in [3.8, 4) is 5.88 Å². The number of anilines is 1. The zero-order chi connectivity index (χ0) is 39.8. The molecule has 2 saturated heterocycles. The number of alkyl halides is 1. The number of aromatic nitrogens is 1. The van der Waals surface area contributed by atoms with Crippen molar-refractivity contribution in [3.05, 3.63) is 42.6 Å². The lowest BCUT2D eigenvalue weighted by Gasteiger charge is -2.33. The maximum atomic E-state index is 14.6. The Labute approximate surface area is 325 Å². The minimum Gasteiger partial charge on any atom is -0.472 e. The third kappa shape index (κ3) is 7.76. The maximum absolute atomic E-state index is 14.6. The first-order valence-corrected chi connectivity index (χ1v) is 21.1. The van der Waals surface area contributed by atoms with E-state index in [-0.39, 0.29) is 44.1 Å². The second kappa shape index (κ2) is 15.8. The topological polar surface area (TPSA) is 197 Å². The van der Waals surface area contributed by atoms with Gasteiger partial charge >= 0.3 is 6.09 Å². The summed E-state index contributed by atoms with van der Waals surface area (Å²) in [7, 11) is -4.39. The molecular weight excluding hydrogens is 748 g/mol. The summed E-state index contributed by atoms with van der Waals surface area (Å²) in [6, 6.07) is 5.27. The molecule has 0 bridgehead atoms. The molecular formula is C39H51FN6O9S. The summed E-state index contributed by atoms with van der Waals surface area (Å²) in [5.74, 6) is -2.82. The van der Waals surface area contributed by atoms with Gasteiger partial charge in [0.15, 0.2) is 0 Å². The van der Waals surface area contributed by atoms with Gasteiger partial charge in [0.2, 0.25) is 27.7 Å². The smallest absolute Gasteiger partial charge is 0.405 e. The molecule has 1 aromatic carbocycles. The summed E-state index contributed by atoms with van der Waals surface area (Å²) in [6.45, 7) is 5.28. The van der Waals surface area contributed by atoms with E-state index in [1.54, 1.807) is 12.3 Å². The van der Waals surface area contributed by atoms with E-state index in [0.29, 0.717) is 57.9 Å². The van der Waals surface area contributed by atoms with Gasteiger partial charge in [0.1, 0.15) is 35.1 Å². The second-order valence-electron chi connectivity index (χ2n) is 16.0. The first kappa shape index (κ1) is 39.7. The average molecular weight is 799 g/mol. The van der Waals surface area contributed by atoms with Crippen LogP contribution in [-0.2, 0) is 29.1 Å². The van der Waals surface area contributed by atoms with Crippen LogP contribution in [0.5, 0.6) is 5.88 Å². The van der Waals surface area contributed by atoms with E-state index in [4.69, 9.17) is 9.47 Å². The zero-order valence-electron chi connectivity index (χ0n) is 31.7. The third-order valence-corrected chi connectivity index (χ3v) is 14.4. The van der Waals surface area contributed by atoms with Crippen LogP contribution in [0.4, 0.5) is 14.9 Å². The Balaban J connectivity index is 1.22. The standard InChI is InChI=1S/C39H51FN6O9S/c1-3-25-18-24(2)8-4-5-9-26-20-39(26,36(49)44-56(52,53)38(23-40)12-13-38)43-33(47)30-19-27(22-46(30)35(48)32(25)42-37(50)51)55-34-29-11-7-6-10-28(29)31(21-41-34)45-14-16-54-17-15-45/h5-7,9-11,21,24-27,30,32,42H,3-4,8,12-20,22-23H2,1-2H3,(H,43,47)(H,44,49)(H,50,51)/t24-,25+,26+,27+,30-,32-,39+/m0/s1. The van der Waals surface area contributed by atoms with Crippen LogP contribution in [0, 0.1) is 17.8 Å². The number of sulfonamides is 1. The van der Waals surface area contributed by atoms with Gasteiger partial charge < -0.3 is 35.0 Å². The van der Waals surface area contributed by atoms with Crippen molar-refractivity contribution < 1.29 is 46.6 Å². The summed E-state index contributed by atoms with van der Waals surface area (Å²) in [5, 5.41) is 16.8. The Bertz CT molecular complexity index is 1990. The number of morpholine rings is 1. The van der Waals surface area contributed by atoms with Gasteiger partial charge in [-0.15, -0.1) is 0 Å². The SMILES string of the molecule is CC[C@@H]1C[C@@H](C)CCC=C[C@@H]2C[C@@]2(C(=O)NS(=O)(=O)C2(CF)CC2)NC(=O)[C@@H]2C[C@@H](Oc3ncc(N4CCOCC4)c4ccccc34)CN2C(=O)[C@H]1NC(=O)O. The van der Waals surface area contributed by atoms with Crippen molar-refractivity contribution in [2.75, 3.05) is 44.4 Å². The van der Waals surface area contributed by atoms with E-state index in [1.165, 1.54) is 4.90 Å². The van der Waals surface area contributed by atoms with Crippen molar-refractivity contribution >= 4 is 50.3 Å². The molecule has 56 heavy (non-hydrogen) atoms. The average Bonchev–Trinajstić information content (AvgIpc) is 4.09. The Morgan fingerprint density at radius 2 is 1.88 bits per heavy atom. The predicted molar refractivity (Wildman–Crippen MR) is 204 cm³/mol. The summed E-state index contributed by atoms with van der Waals surface area (Å²) in [5.41, 5.74) is -0.741. The van der Waals surface area contributed by atoms with Crippen LogP contribution in [0.1, 0.15) is 65.2 Å². The van der Waals surface area contributed by atoms with Crippen LogP contribution in [0.15, 0.2) is 42.6 Å². The van der Waals surface area contributed by atoms with E-state index in [1.807, 2.05) is 44.2 Å². The quantitative estimate of drug-likeness (QED) is 0.272. The number of nitrogens with one attached hydrogen (secondary N) is 3. The highest BCUT2D eigenvalue weighted by Crippen LogP contribution is 2.48. The fourth-order valence-electron chi connectivity index (χ4n) is 8.56. The van der Waals surface area contributed by atoms with Crippen LogP contribution in [0.25, 0.3) is 10.8 Å². The number of hydrogen-bond acceptors (Lipinski definition) is 10. The number of hydrogen-bond donors (Lipinski definition) is 4. The minimum absolute atomic E-state index is 0.0206. The Hall–Kier alpha value is -4.51. The van der Waals surface area contributed by atoms with Gasteiger partial charge in [-0.1, -0.05) is 50.6 Å². The number of carbonyl (C=O) groups excluding carboxylic acids is 3. The lowest BCUT2D eigenvalue weighted by molar-refractivity contribution is -0.142. The molecule has 4 N–H and O–H groups in total. The number of carbonyl (C=O) groups is 4. The Kier molecular flexibility index (Phi) is 11.2. The largest absolute Gasteiger partial charge is 0.472 e. The fraction of sp³-hybridized carbons (Fsp3) is 0.615. The second-order valence-corrected chi connectivity index (χ2v) is 18.1. The van der Waals surface area contributed by atoms with Gasteiger partial charge in [-0.25, -0.2) is 22.6 Å². The van der Waals surface area contributed by atoms with Crippen LogP contribution >= 0.6 is 0 Å². The van der Waals surface area contributed by atoms with Crippen LogP contribution in [0.3, 0.4) is 0 Å². The Morgan fingerprint density at radius 1 is 1.14 bits per heavy atom. The van der Waals surface area contributed by atoms with Crippen molar-refractivity contribution in [1.29, 1.82) is 0 Å². The fourth-order valence-corrected chi connectivity index (χ4v) is 9.99. The molecule has 15 nitrogen and oxygen atoms in total. The van der Waals surface area contributed by atoms with E-state index in [9.17, 15) is 37.1 Å². The van der Waals surface area contributed by atoms with Crippen molar-refractivity contribution in [1.82, 2.24) is 25.2 Å². The van der Waals surface area contributed by atoms with E-state index in [2.05, 4.69) is 25.2 Å². The van der Waals surface area contributed by atoms with E-state index in [0.717, 1.165) is 16.5 Å². The molecule has 4 heterocycles. The molecule has 1 aromatic heterocycles. The monoisotopic (exact) mass is 798 g/mol. The number of fused-ring (bicyclic) bond motifs is 3. The lowest BCUT2D eigenvalue weighted by Crippen LogP contribution is -2.59. The number of amides is 4. The van der Waals surface area contributed by atoms with Gasteiger partial charge in [-0.2, -0.15) is 0 Å². The lowest BCUT2D eigenvalue weighted by atomic mass is 9.85. The summed E-state index contributed by atoms with van der Waals surface area (Å²) < 4.78 is 52.6. The molecule has 5 aliphatic rings. The highest BCUT2D eigenvalue weighted by Gasteiger charge is 2.64. The van der Waals surface area contributed by atoms with Crippen molar-refractivity contribution in [2.24, 2.45) is 17.8 Å². The molecule has 2 saturated carbocycles. The maximum Gasteiger partial charge on any atom is 0.405 e. The first-order chi connectivity index (χ1) is 26.8. The molecule has 0 unspecified atom stereocenters. The summed E-state index contributed by atoms with van der Waals surface area (Å²) >= 11 is 0. The zero-order valence-corrected chi connectivity index (χ0v) is 32.6. The number of rotatable bonds is 9. The molecule has 7 rings (SSSR count). The predicted octanol–water partition coefficient (Wildman–Crippen LogP) is 3.28. The Morgan fingerprint density at radius 3 is 2.55 bits per heavy atom. The first-order valence-electron chi connectivity index (χ1n) is 19.6. The van der Waals surface area contributed by atoms with Crippen LogP contribution < -0.4 is 25.0 Å². The number of pyridine rings is 1. The van der Waals surface area contributed by atoms with Gasteiger partial charge in [0, 0.05) is 36.2 Å². The molecule has 0 radical (unpaired) electrons. The van der Waals surface area contributed by atoms with Gasteiger partial charge in [0.05, 0.1) is 31.6 Å². The molecule has 0 spiro atoms. The number of halogens is 1. The third-order valence-electron chi connectivity index (χ3n) is 12.3. The molecule has 2 aliphatic carbocycles. The van der Waals surface area contributed by atoms with Crippen LogP contribution in [0.2, 0.25) is 0 Å². The summed E-state index contributed by atoms with van der Waals surface area (Å²) in [6.07, 6.45) is 5.89. The summed E-state index contributed by atoms with van der Waals surface area (Å²) in [4.78, 5) is 63.3. The number of nitrogens with zero attached hydrogens (tertiary/aromatic N) is 3. The minimum atomic E-state index is -4.39. The van der Waals surface area contributed by atoms with E-state index < -0.39 is 74.9 Å². The van der Waals surface area contributed by atoms with Gasteiger partial charge in [-0.05, 0) is 56.4 Å². The highest BCUT2D eigenvalue weighted by atomic mass is 32.2. The molecule has 304 valence electrons. The molecule has 3 aliphatic heterocycles. The molecule has 2 aromatic rings. The highest BCUT2D eigenvalue weighted by molar-refractivity contribution is 7.91. The number of carboxylic acid groups (broad SMARTS) is 1. The van der Waals surface area contributed by atoms with Crippen molar-refractivity contribution in [3.63, 3.8) is 0 Å². The van der Waals surface area contributed by atoms with Crippen LogP contribution in [-0.4, -0.2) is 115 Å². The molecule has 7 atom stereocenters. The van der Waals surface area contributed by atoms with Crippen molar-refractivity contribution in [2.45, 2.75) is 93.7 Å². The molecule has 4 fully saturated rings. The normalized spacial score (nSPS) is 30.6. The number of benzene rings is 1.